The molecule has 1 aromatic carbocycles. The molecule has 2 rings (SSSR count). The summed E-state index contributed by atoms with van der Waals surface area (Å²) in [5, 5.41) is 5.95. The van der Waals surface area contributed by atoms with E-state index in [2.05, 4.69) is 22.5 Å². The van der Waals surface area contributed by atoms with Gasteiger partial charge in [-0.1, -0.05) is 26.2 Å². The number of carbonyl (C=O) groups excluding carboxylic acids is 2. The summed E-state index contributed by atoms with van der Waals surface area (Å²) in [6.07, 6.45) is 7.89. The molecule has 2 amide bonds. The lowest BCUT2D eigenvalue weighted by molar-refractivity contribution is -0.116. The molecule has 0 saturated carbocycles. The number of rotatable bonds is 13. The van der Waals surface area contributed by atoms with Crippen LogP contribution < -0.4 is 15.5 Å². The number of amides is 2. The molecule has 6 nitrogen and oxygen atoms in total. The van der Waals surface area contributed by atoms with E-state index in [4.69, 9.17) is 4.74 Å². The molecule has 0 bridgehead atoms. The van der Waals surface area contributed by atoms with E-state index in [9.17, 15) is 9.59 Å². The fourth-order valence-electron chi connectivity index (χ4n) is 3.58. The van der Waals surface area contributed by atoms with Crippen LogP contribution in [0.3, 0.4) is 0 Å². The molecule has 1 aliphatic heterocycles. The molecule has 6 heteroatoms. The smallest absolute Gasteiger partial charge is 0.253 e. The SMILES string of the molecule is CCCCCCC(=O)Nc1ccc(N2CCCC2)c(C(=O)NCCCOCC)c1. The Kier molecular flexibility index (Phi) is 10.6. The van der Waals surface area contributed by atoms with Crippen LogP contribution in [0.4, 0.5) is 11.4 Å². The van der Waals surface area contributed by atoms with E-state index in [0.29, 0.717) is 37.4 Å². The van der Waals surface area contributed by atoms with E-state index in [1.54, 1.807) is 0 Å². The van der Waals surface area contributed by atoms with Gasteiger partial charge in [-0.05, 0) is 50.8 Å². The number of benzene rings is 1. The van der Waals surface area contributed by atoms with Crippen LogP contribution in [0.25, 0.3) is 0 Å². The highest BCUT2D eigenvalue weighted by molar-refractivity contribution is 6.02. The zero-order valence-electron chi connectivity index (χ0n) is 18.1. The van der Waals surface area contributed by atoms with Crippen molar-refractivity contribution >= 4 is 23.2 Å². The number of nitrogens with zero attached hydrogens (tertiary/aromatic N) is 1. The van der Waals surface area contributed by atoms with Crippen LogP contribution in [0.1, 0.15) is 75.6 Å². The Labute approximate surface area is 175 Å². The highest BCUT2D eigenvalue weighted by atomic mass is 16.5. The first-order valence-corrected chi connectivity index (χ1v) is 11.2. The molecule has 0 unspecified atom stereocenters. The van der Waals surface area contributed by atoms with Crippen molar-refractivity contribution in [3.05, 3.63) is 23.8 Å². The van der Waals surface area contributed by atoms with Crippen molar-refractivity contribution in [2.75, 3.05) is 43.1 Å². The fraction of sp³-hybridized carbons (Fsp3) is 0.652. The van der Waals surface area contributed by atoms with Gasteiger partial charge in [-0.15, -0.1) is 0 Å². The Morgan fingerprint density at radius 1 is 1.07 bits per heavy atom. The van der Waals surface area contributed by atoms with Crippen LogP contribution in [0.2, 0.25) is 0 Å². The van der Waals surface area contributed by atoms with Crippen LogP contribution >= 0.6 is 0 Å². The zero-order chi connectivity index (χ0) is 20.9. The van der Waals surface area contributed by atoms with E-state index in [-0.39, 0.29) is 11.8 Å². The molecule has 1 saturated heterocycles. The molecule has 1 aromatic rings. The fourth-order valence-corrected chi connectivity index (χ4v) is 3.58. The summed E-state index contributed by atoms with van der Waals surface area (Å²) < 4.78 is 5.33. The highest BCUT2D eigenvalue weighted by Gasteiger charge is 2.20. The minimum absolute atomic E-state index is 0.0121. The Hall–Kier alpha value is -2.08. The maximum atomic E-state index is 12.8. The summed E-state index contributed by atoms with van der Waals surface area (Å²) in [6.45, 7) is 7.96. The minimum atomic E-state index is -0.0950. The van der Waals surface area contributed by atoms with E-state index < -0.39 is 0 Å². The van der Waals surface area contributed by atoms with Gasteiger partial charge in [-0.25, -0.2) is 0 Å². The topological polar surface area (TPSA) is 70.7 Å². The third-order valence-electron chi connectivity index (χ3n) is 5.18. The molecule has 1 aliphatic rings. The molecule has 0 radical (unpaired) electrons. The van der Waals surface area contributed by atoms with Gasteiger partial charge >= 0.3 is 0 Å². The normalized spacial score (nSPS) is 13.5. The number of hydrogen-bond donors (Lipinski definition) is 2. The number of ether oxygens (including phenoxy) is 1. The van der Waals surface area contributed by atoms with Crippen molar-refractivity contribution in [2.45, 2.75) is 65.2 Å². The first-order chi connectivity index (χ1) is 14.2. The molecule has 0 spiro atoms. The highest BCUT2D eigenvalue weighted by Crippen LogP contribution is 2.27. The minimum Gasteiger partial charge on any atom is -0.382 e. The standard InChI is InChI=1S/C23H37N3O3/c1-3-5-6-7-11-22(27)25-19-12-13-21(26-15-8-9-16-26)20(18-19)23(28)24-14-10-17-29-4-2/h12-13,18H,3-11,14-17H2,1-2H3,(H,24,28)(H,25,27). The maximum Gasteiger partial charge on any atom is 0.253 e. The summed E-state index contributed by atoms with van der Waals surface area (Å²) in [7, 11) is 0. The van der Waals surface area contributed by atoms with Crippen molar-refractivity contribution < 1.29 is 14.3 Å². The summed E-state index contributed by atoms with van der Waals surface area (Å²) >= 11 is 0. The molecule has 0 aromatic heterocycles. The molecule has 2 N–H and O–H groups in total. The Morgan fingerprint density at radius 3 is 2.59 bits per heavy atom. The number of nitrogens with one attached hydrogen (secondary N) is 2. The lowest BCUT2D eigenvalue weighted by atomic mass is 10.1. The van der Waals surface area contributed by atoms with Crippen LogP contribution in [-0.4, -0.2) is 44.7 Å². The second-order valence-corrected chi connectivity index (χ2v) is 7.59. The second kappa shape index (κ2) is 13.2. The first kappa shape index (κ1) is 23.2. The van der Waals surface area contributed by atoms with Gasteiger partial charge < -0.3 is 20.3 Å². The van der Waals surface area contributed by atoms with Crippen molar-refractivity contribution in [3.8, 4) is 0 Å². The Morgan fingerprint density at radius 2 is 1.86 bits per heavy atom. The van der Waals surface area contributed by atoms with Gasteiger partial charge in [0.2, 0.25) is 5.91 Å². The molecule has 0 atom stereocenters. The molecular weight excluding hydrogens is 366 g/mol. The quantitative estimate of drug-likeness (QED) is 0.480. The van der Waals surface area contributed by atoms with Crippen LogP contribution in [0, 0.1) is 0 Å². The Bertz CT molecular complexity index is 642. The largest absolute Gasteiger partial charge is 0.382 e. The van der Waals surface area contributed by atoms with Gasteiger partial charge in [-0.3, -0.25) is 9.59 Å². The van der Waals surface area contributed by atoms with Crippen LogP contribution in [0.5, 0.6) is 0 Å². The van der Waals surface area contributed by atoms with Gasteiger partial charge in [0.25, 0.3) is 5.91 Å². The third kappa shape index (κ3) is 8.05. The lowest BCUT2D eigenvalue weighted by Gasteiger charge is -2.22. The Balaban J connectivity index is 2.01. The third-order valence-corrected chi connectivity index (χ3v) is 5.18. The summed E-state index contributed by atoms with van der Waals surface area (Å²) in [6, 6.07) is 5.69. The molecule has 0 aliphatic carbocycles. The molecule has 1 fully saturated rings. The lowest BCUT2D eigenvalue weighted by Crippen LogP contribution is -2.29. The predicted octanol–water partition coefficient (Wildman–Crippen LogP) is 4.35. The average Bonchev–Trinajstić information content (AvgIpc) is 3.25. The van der Waals surface area contributed by atoms with E-state index in [1.165, 1.54) is 0 Å². The van der Waals surface area contributed by atoms with Gasteiger partial charge in [-0.2, -0.15) is 0 Å². The van der Waals surface area contributed by atoms with Crippen molar-refractivity contribution in [1.82, 2.24) is 5.32 Å². The van der Waals surface area contributed by atoms with Crippen molar-refractivity contribution in [2.24, 2.45) is 0 Å². The van der Waals surface area contributed by atoms with E-state index >= 15 is 0 Å². The molecule has 1 heterocycles. The van der Waals surface area contributed by atoms with E-state index in [1.807, 2.05) is 25.1 Å². The number of anilines is 2. The van der Waals surface area contributed by atoms with Gasteiger partial charge in [0.1, 0.15) is 0 Å². The molecule has 162 valence electrons. The predicted molar refractivity (Wildman–Crippen MR) is 119 cm³/mol. The maximum absolute atomic E-state index is 12.8. The monoisotopic (exact) mass is 403 g/mol. The number of carbonyl (C=O) groups is 2. The van der Waals surface area contributed by atoms with Crippen molar-refractivity contribution in [1.29, 1.82) is 0 Å². The van der Waals surface area contributed by atoms with Crippen molar-refractivity contribution in [3.63, 3.8) is 0 Å². The number of hydrogen-bond acceptors (Lipinski definition) is 4. The molecule has 29 heavy (non-hydrogen) atoms. The average molecular weight is 404 g/mol. The van der Waals surface area contributed by atoms with E-state index in [0.717, 1.165) is 63.7 Å². The summed E-state index contributed by atoms with van der Waals surface area (Å²) in [4.78, 5) is 27.3. The van der Waals surface area contributed by atoms with Gasteiger partial charge in [0.05, 0.1) is 5.56 Å². The first-order valence-electron chi connectivity index (χ1n) is 11.2. The van der Waals surface area contributed by atoms with Gasteiger partial charge in [0.15, 0.2) is 0 Å². The van der Waals surface area contributed by atoms with Crippen LogP contribution in [0.15, 0.2) is 18.2 Å². The van der Waals surface area contributed by atoms with Crippen LogP contribution in [-0.2, 0) is 9.53 Å². The molecular formula is C23H37N3O3. The van der Waals surface area contributed by atoms with Gasteiger partial charge in [0, 0.05) is 50.6 Å². The zero-order valence-corrected chi connectivity index (χ0v) is 18.1. The number of unbranched alkanes of at least 4 members (excludes halogenated alkanes) is 3. The summed E-state index contributed by atoms with van der Waals surface area (Å²) in [5.74, 6) is -0.0828. The second-order valence-electron chi connectivity index (χ2n) is 7.59. The summed E-state index contributed by atoms with van der Waals surface area (Å²) in [5.41, 5.74) is 2.27.